The topological polar surface area (TPSA) is 59.6 Å². The number of nitrogens with zero attached hydrogens (tertiary/aromatic N) is 3. The van der Waals surface area contributed by atoms with Crippen LogP contribution >= 0.6 is 0 Å². The van der Waals surface area contributed by atoms with E-state index in [2.05, 4.69) is 18.7 Å². The molecule has 1 aromatic carbocycles. The van der Waals surface area contributed by atoms with Gasteiger partial charge in [0.25, 0.3) is 0 Å². The SMILES string of the molecule is CCn1c(=O)n(C[C@H](O)CN2C[C@@H](C)O[C@@H](C)C2)c2ccccc21. The summed E-state index contributed by atoms with van der Waals surface area (Å²) in [6, 6.07) is 7.75. The number of hydrogen-bond acceptors (Lipinski definition) is 4. The van der Waals surface area contributed by atoms with E-state index in [4.69, 9.17) is 4.74 Å². The summed E-state index contributed by atoms with van der Waals surface area (Å²) in [5, 5.41) is 10.5. The molecule has 6 nitrogen and oxygen atoms in total. The third kappa shape index (κ3) is 3.41. The highest BCUT2D eigenvalue weighted by molar-refractivity contribution is 5.75. The number of ether oxygens (including phenoxy) is 1. The van der Waals surface area contributed by atoms with Crippen molar-refractivity contribution in [1.82, 2.24) is 14.0 Å². The van der Waals surface area contributed by atoms with Crippen LogP contribution in [0.1, 0.15) is 20.8 Å². The average Bonchev–Trinajstić information content (AvgIpc) is 2.78. The highest BCUT2D eigenvalue weighted by atomic mass is 16.5. The number of aliphatic hydroxyl groups excluding tert-OH is 1. The lowest BCUT2D eigenvalue weighted by atomic mass is 10.2. The van der Waals surface area contributed by atoms with E-state index < -0.39 is 6.10 Å². The molecule has 6 heteroatoms. The predicted octanol–water partition coefficient (Wildman–Crippen LogP) is 1.29. The molecule has 1 saturated heterocycles. The van der Waals surface area contributed by atoms with Gasteiger partial charge in [-0.25, -0.2) is 4.79 Å². The lowest BCUT2D eigenvalue weighted by Gasteiger charge is -2.36. The maximum Gasteiger partial charge on any atom is 0.329 e. The fraction of sp³-hybridized carbons (Fsp3) is 0.611. The largest absolute Gasteiger partial charge is 0.390 e. The quantitative estimate of drug-likeness (QED) is 0.896. The molecule has 3 atom stereocenters. The standard InChI is InChI=1S/C18H27N3O3/c1-4-20-16-7-5-6-8-17(16)21(18(20)23)12-15(22)11-19-9-13(2)24-14(3)10-19/h5-8,13-15,22H,4,9-12H2,1-3H3/t13-,14+,15-/m1/s1. The molecule has 1 aliphatic heterocycles. The Morgan fingerprint density at radius 1 is 1.12 bits per heavy atom. The van der Waals surface area contributed by atoms with E-state index in [1.54, 1.807) is 9.13 Å². The number of aliphatic hydroxyl groups is 1. The summed E-state index contributed by atoms with van der Waals surface area (Å²) in [6.07, 6.45) is -0.243. The van der Waals surface area contributed by atoms with Crippen LogP contribution in [0.2, 0.25) is 0 Å². The molecule has 0 saturated carbocycles. The number of para-hydroxylation sites is 2. The first kappa shape index (κ1) is 17.2. The molecule has 3 rings (SSSR count). The van der Waals surface area contributed by atoms with Crippen molar-refractivity contribution in [3.63, 3.8) is 0 Å². The molecule has 2 heterocycles. The average molecular weight is 333 g/mol. The van der Waals surface area contributed by atoms with Gasteiger partial charge in [-0.15, -0.1) is 0 Å². The lowest BCUT2D eigenvalue weighted by molar-refractivity contribution is -0.0772. The van der Waals surface area contributed by atoms with Crippen LogP contribution in [0.4, 0.5) is 0 Å². The van der Waals surface area contributed by atoms with Crippen molar-refractivity contribution in [1.29, 1.82) is 0 Å². The van der Waals surface area contributed by atoms with Gasteiger partial charge in [0.15, 0.2) is 0 Å². The van der Waals surface area contributed by atoms with Gasteiger partial charge in [-0.1, -0.05) is 12.1 Å². The fourth-order valence-electron chi connectivity index (χ4n) is 3.75. The van der Waals surface area contributed by atoms with Gasteiger partial charge >= 0.3 is 5.69 Å². The Morgan fingerprint density at radius 2 is 1.71 bits per heavy atom. The van der Waals surface area contributed by atoms with Crippen LogP contribution in [0.3, 0.4) is 0 Å². The van der Waals surface area contributed by atoms with E-state index in [0.717, 1.165) is 24.1 Å². The summed E-state index contributed by atoms with van der Waals surface area (Å²) in [4.78, 5) is 14.8. The van der Waals surface area contributed by atoms with Crippen molar-refractivity contribution in [3.8, 4) is 0 Å². The Balaban J connectivity index is 1.77. The van der Waals surface area contributed by atoms with Gasteiger partial charge < -0.3 is 9.84 Å². The van der Waals surface area contributed by atoms with Crippen molar-refractivity contribution in [3.05, 3.63) is 34.7 Å². The number of rotatable bonds is 5. The first-order valence-electron chi connectivity index (χ1n) is 8.73. The van der Waals surface area contributed by atoms with E-state index in [1.165, 1.54) is 0 Å². The minimum absolute atomic E-state index is 0.0542. The Labute approximate surface area is 142 Å². The molecule has 0 unspecified atom stereocenters. The number of morpholine rings is 1. The van der Waals surface area contributed by atoms with Gasteiger partial charge in [-0.2, -0.15) is 0 Å². The van der Waals surface area contributed by atoms with Gasteiger partial charge in [0.2, 0.25) is 0 Å². The van der Waals surface area contributed by atoms with Gasteiger partial charge in [0.1, 0.15) is 0 Å². The zero-order valence-electron chi connectivity index (χ0n) is 14.7. The zero-order valence-corrected chi connectivity index (χ0v) is 14.7. The zero-order chi connectivity index (χ0) is 17.3. The van der Waals surface area contributed by atoms with Crippen LogP contribution in [0.15, 0.2) is 29.1 Å². The van der Waals surface area contributed by atoms with E-state index in [-0.39, 0.29) is 17.9 Å². The first-order valence-corrected chi connectivity index (χ1v) is 8.73. The van der Waals surface area contributed by atoms with Gasteiger partial charge in [0.05, 0.1) is 35.9 Å². The van der Waals surface area contributed by atoms with Gasteiger partial charge in [-0.05, 0) is 32.9 Å². The molecule has 0 bridgehead atoms. The smallest absolute Gasteiger partial charge is 0.329 e. The highest BCUT2D eigenvalue weighted by Gasteiger charge is 2.24. The Kier molecular flexibility index (Phi) is 5.08. The van der Waals surface area contributed by atoms with Crippen LogP contribution < -0.4 is 5.69 Å². The van der Waals surface area contributed by atoms with Crippen LogP contribution in [0.5, 0.6) is 0 Å². The summed E-state index contributed by atoms with van der Waals surface area (Å²) >= 11 is 0. The van der Waals surface area contributed by atoms with Crippen LogP contribution in [0, 0.1) is 0 Å². The second-order valence-electron chi connectivity index (χ2n) is 6.76. The maximum absolute atomic E-state index is 12.6. The summed E-state index contributed by atoms with van der Waals surface area (Å²) in [6.45, 7) is 9.18. The second-order valence-corrected chi connectivity index (χ2v) is 6.76. The number of aryl methyl sites for hydroxylation is 1. The number of benzene rings is 1. The van der Waals surface area contributed by atoms with E-state index in [1.807, 2.05) is 31.2 Å². The molecule has 1 N–H and O–H groups in total. The minimum Gasteiger partial charge on any atom is -0.390 e. The van der Waals surface area contributed by atoms with Crippen molar-refractivity contribution < 1.29 is 9.84 Å². The van der Waals surface area contributed by atoms with Crippen LogP contribution in [-0.2, 0) is 17.8 Å². The molecule has 0 spiro atoms. The van der Waals surface area contributed by atoms with E-state index in [9.17, 15) is 9.90 Å². The van der Waals surface area contributed by atoms with E-state index >= 15 is 0 Å². The van der Waals surface area contributed by atoms with Crippen molar-refractivity contribution in [2.45, 2.75) is 52.2 Å². The number of β-amino-alcohol motifs (C(OH)–C–C–N with tert-alkyl or cyclic N) is 1. The van der Waals surface area contributed by atoms with Crippen molar-refractivity contribution in [2.24, 2.45) is 0 Å². The summed E-state index contributed by atoms with van der Waals surface area (Å²) in [5.74, 6) is 0. The van der Waals surface area contributed by atoms with Crippen LogP contribution in [-0.4, -0.2) is 57.1 Å². The van der Waals surface area contributed by atoms with Crippen molar-refractivity contribution in [2.75, 3.05) is 19.6 Å². The van der Waals surface area contributed by atoms with Gasteiger partial charge in [0, 0.05) is 26.2 Å². The monoisotopic (exact) mass is 333 g/mol. The Bertz CT molecular complexity index is 742. The van der Waals surface area contributed by atoms with Crippen LogP contribution in [0.25, 0.3) is 11.0 Å². The van der Waals surface area contributed by atoms with E-state index in [0.29, 0.717) is 19.6 Å². The molecule has 132 valence electrons. The second kappa shape index (κ2) is 7.09. The minimum atomic E-state index is -0.587. The molecule has 1 fully saturated rings. The maximum atomic E-state index is 12.6. The molecular formula is C18H27N3O3. The summed E-state index contributed by atoms with van der Waals surface area (Å²) in [5.41, 5.74) is 1.75. The molecule has 24 heavy (non-hydrogen) atoms. The Hall–Kier alpha value is -1.63. The third-order valence-corrected chi connectivity index (χ3v) is 4.60. The highest BCUT2D eigenvalue weighted by Crippen LogP contribution is 2.15. The fourth-order valence-corrected chi connectivity index (χ4v) is 3.75. The molecule has 0 aliphatic carbocycles. The molecule has 1 aromatic heterocycles. The normalized spacial score (nSPS) is 23.7. The summed E-state index contributed by atoms with van der Waals surface area (Å²) in [7, 11) is 0. The number of imidazole rings is 1. The number of aromatic nitrogens is 2. The summed E-state index contributed by atoms with van der Waals surface area (Å²) < 4.78 is 9.17. The first-order chi connectivity index (χ1) is 11.5. The molecule has 0 radical (unpaired) electrons. The molecular weight excluding hydrogens is 306 g/mol. The predicted molar refractivity (Wildman–Crippen MR) is 94.3 cm³/mol. The van der Waals surface area contributed by atoms with Gasteiger partial charge in [-0.3, -0.25) is 14.0 Å². The number of fused-ring (bicyclic) bond motifs is 1. The third-order valence-electron chi connectivity index (χ3n) is 4.60. The Morgan fingerprint density at radius 3 is 2.29 bits per heavy atom. The molecule has 2 aromatic rings. The number of hydrogen-bond donors (Lipinski definition) is 1. The van der Waals surface area contributed by atoms with Crippen molar-refractivity contribution >= 4 is 11.0 Å². The molecule has 0 amide bonds. The molecule has 1 aliphatic rings. The lowest BCUT2D eigenvalue weighted by Crippen LogP contribution is -2.48.